The Labute approximate surface area is 131 Å². The van der Waals surface area contributed by atoms with Gasteiger partial charge in [-0.2, -0.15) is 0 Å². The maximum absolute atomic E-state index is 7.79. The van der Waals surface area contributed by atoms with Crippen molar-refractivity contribution in [3.05, 3.63) is 0 Å². The summed E-state index contributed by atoms with van der Waals surface area (Å²) in [6.45, 7) is 4.58. The van der Waals surface area contributed by atoms with Crippen LogP contribution in [0.2, 0.25) is 0 Å². The van der Waals surface area contributed by atoms with Gasteiger partial charge in [0, 0.05) is 0 Å². The Morgan fingerprint density at radius 3 is 2.05 bits per heavy atom. The Balaban J connectivity index is 0.00000324. The maximum atomic E-state index is 7.79. The van der Waals surface area contributed by atoms with E-state index in [2.05, 4.69) is 13.8 Å². The van der Waals surface area contributed by atoms with Crippen molar-refractivity contribution in [2.75, 3.05) is 0 Å². The maximum Gasteiger partial charge on any atom is -0.000839 e. The molecule has 114 valence electrons. The molecule has 1 atom stereocenters. The molecule has 1 nitrogen and oxygen atoms in total. The standard InChI is InChI=1S/C17H33N.BrH/c1-3-5-8-12-17(13-9-6-4-2)14-10-7-11-16(17)15-18;/h15-16,18H,3-14H2,1-2H3;1H. The van der Waals surface area contributed by atoms with Gasteiger partial charge in [0.25, 0.3) is 0 Å². The van der Waals surface area contributed by atoms with E-state index in [0.29, 0.717) is 11.3 Å². The Hall–Kier alpha value is 0.150. The van der Waals surface area contributed by atoms with E-state index in [9.17, 15) is 0 Å². The van der Waals surface area contributed by atoms with Crippen LogP contribution in [-0.2, 0) is 0 Å². The van der Waals surface area contributed by atoms with Crippen molar-refractivity contribution >= 4 is 23.2 Å². The third-order valence-corrected chi connectivity index (χ3v) is 4.98. The van der Waals surface area contributed by atoms with Crippen molar-refractivity contribution in [1.82, 2.24) is 0 Å². The molecule has 0 aliphatic heterocycles. The first-order valence-electron chi connectivity index (χ1n) is 8.29. The van der Waals surface area contributed by atoms with Gasteiger partial charge < -0.3 is 5.41 Å². The highest BCUT2D eigenvalue weighted by Crippen LogP contribution is 2.48. The van der Waals surface area contributed by atoms with Gasteiger partial charge in [-0.3, -0.25) is 0 Å². The van der Waals surface area contributed by atoms with Crippen molar-refractivity contribution in [2.24, 2.45) is 11.3 Å². The molecular formula is C17H34BrN. The summed E-state index contributed by atoms with van der Waals surface area (Å²) in [5.41, 5.74) is 0.504. The van der Waals surface area contributed by atoms with Crippen LogP contribution in [0.15, 0.2) is 0 Å². The highest BCUT2D eigenvalue weighted by molar-refractivity contribution is 8.93. The highest BCUT2D eigenvalue weighted by Gasteiger charge is 2.38. The minimum Gasteiger partial charge on any atom is -0.313 e. The van der Waals surface area contributed by atoms with Crippen molar-refractivity contribution in [1.29, 1.82) is 5.41 Å². The zero-order valence-electron chi connectivity index (χ0n) is 13.0. The summed E-state index contributed by atoms with van der Waals surface area (Å²) < 4.78 is 0. The van der Waals surface area contributed by atoms with Crippen LogP contribution in [-0.4, -0.2) is 6.21 Å². The summed E-state index contributed by atoms with van der Waals surface area (Å²) in [4.78, 5) is 0. The molecule has 1 aliphatic carbocycles. The van der Waals surface area contributed by atoms with E-state index in [0.717, 1.165) is 0 Å². The summed E-state index contributed by atoms with van der Waals surface area (Å²) in [5, 5.41) is 7.79. The number of halogens is 1. The highest BCUT2D eigenvalue weighted by atomic mass is 79.9. The van der Waals surface area contributed by atoms with Gasteiger partial charge in [-0.15, -0.1) is 17.0 Å². The second kappa shape index (κ2) is 10.9. The third kappa shape index (κ3) is 5.97. The Morgan fingerprint density at radius 2 is 1.58 bits per heavy atom. The summed E-state index contributed by atoms with van der Waals surface area (Å²) in [6, 6.07) is 0. The summed E-state index contributed by atoms with van der Waals surface area (Å²) in [6.07, 6.45) is 18.1. The number of hydrogen-bond donors (Lipinski definition) is 1. The van der Waals surface area contributed by atoms with Crippen LogP contribution < -0.4 is 0 Å². The molecule has 0 bridgehead atoms. The van der Waals surface area contributed by atoms with Gasteiger partial charge in [0.1, 0.15) is 0 Å². The fourth-order valence-corrected chi connectivity index (χ4v) is 3.79. The molecule has 0 aromatic carbocycles. The van der Waals surface area contributed by atoms with Crippen molar-refractivity contribution in [2.45, 2.75) is 90.9 Å². The van der Waals surface area contributed by atoms with E-state index in [1.165, 1.54) is 77.0 Å². The lowest BCUT2D eigenvalue weighted by Crippen LogP contribution is -2.35. The molecule has 19 heavy (non-hydrogen) atoms. The van der Waals surface area contributed by atoms with Crippen molar-refractivity contribution in [3.63, 3.8) is 0 Å². The molecule has 0 amide bonds. The van der Waals surface area contributed by atoms with Gasteiger partial charge in [-0.05, 0) is 43.2 Å². The van der Waals surface area contributed by atoms with Gasteiger partial charge in [0.05, 0.1) is 0 Å². The van der Waals surface area contributed by atoms with Gasteiger partial charge in [-0.25, -0.2) is 0 Å². The van der Waals surface area contributed by atoms with E-state index < -0.39 is 0 Å². The van der Waals surface area contributed by atoms with Crippen LogP contribution in [0.5, 0.6) is 0 Å². The SMILES string of the molecule is Br.CCCCCC1(CCCCC)CCCCC1C=N. The third-order valence-electron chi connectivity index (χ3n) is 4.98. The van der Waals surface area contributed by atoms with Gasteiger partial charge in [0.2, 0.25) is 0 Å². The largest absolute Gasteiger partial charge is 0.313 e. The summed E-state index contributed by atoms with van der Waals surface area (Å²) >= 11 is 0. The van der Waals surface area contributed by atoms with Crippen LogP contribution in [0.4, 0.5) is 0 Å². The first kappa shape index (κ1) is 19.1. The molecule has 1 rings (SSSR count). The predicted octanol–water partition coefficient (Wildman–Crippen LogP) is 6.55. The monoisotopic (exact) mass is 331 g/mol. The summed E-state index contributed by atoms with van der Waals surface area (Å²) in [5.74, 6) is 0.583. The molecule has 0 aromatic heterocycles. The predicted molar refractivity (Wildman–Crippen MR) is 91.8 cm³/mol. The fraction of sp³-hybridized carbons (Fsp3) is 0.941. The number of hydrogen-bond acceptors (Lipinski definition) is 1. The fourth-order valence-electron chi connectivity index (χ4n) is 3.79. The van der Waals surface area contributed by atoms with Crippen LogP contribution in [0.25, 0.3) is 0 Å². The molecule has 2 heteroatoms. The van der Waals surface area contributed by atoms with Crippen LogP contribution in [0.1, 0.15) is 90.9 Å². The molecule has 1 aliphatic rings. The average molecular weight is 332 g/mol. The first-order chi connectivity index (χ1) is 8.79. The van der Waals surface area contributed by atoms with Gasteiger partial charge >= 0.3 is 0 Å². The quantitative estimate of drug-likeness (QED) is 0.365. The second-order valence-corrected chi connectivity index (χ2v) is 6.30. The molecule has 1 fully saturated rings. The van der Waals surface area contributed by atoms with Crippen LogP contribution in [0, 0.1) is 16.7 Å². The average Bonchev–Trinajstić information content (AvgIpc) is 2.40. The lowest BCUT2D eigenvalue weighted by molar-refractivity contribution is 0.109. The van der Waals surface area contributed by atoms with Crippen molar-refractivity contribution in [3.8, 4) is 0 Å². The molecule has 1 unspecified atom stereocenters. The molecule has 0 saturated heterocycles. The van der Waals surface area contributed by atoms with E-state index in [-0.39, 0.29) is 17.0 Å². The van der Waals surface area contributed by atoms with Crippen LogP contribution in [0.3, 0.4) is 0 Å². The van der Waals surface area contributed by atoms with E-state index in [4.69, 9.17) is 5.41 Å². The molecule has 0 aromatic rings. The zero-order chi connectivity index (χ0) is 13.3. The Bertz CT molecular complexity index is 217. The molecular weight excluding hydrogens is 298 g/mol. The normalized spacial score (nSPS) is 21.7. The Morgan fingerprint density at radius 1 is 1.00 bits per heavy atom. The molecule has 0 heterocycles. The van der Waals surface area contributed by atoms with E-state index >= 15 is 0 Å². The summed E-state index contributed by atoms with van der Waals surface area (Å²) in [7, 11) is 0. The van der Waals surface area contributed by atoms with E-state index in [1.807, 2.05) is 0 Å². The number of rotatable bonds is 9. The van der Waals surface area contributed by atoms with Gasteiger partial charge in [0.15, 0.2) is 0 Å². The van der Waals surface area contributed by atoms with Crippen molar-refractivity contribution < 1.29 is 0 Å². The zero-order valence-corrected chi connectivity index (χ0v) is 14.8. The lowest BCUT2D eigenvalue weighted by Gasteiger charge is -2.43. The van der Waals surface area contributed by atoms with Crippen LogP contribution >= 0.6 is 17.0 Å². The number of unbranched alkanes of at least 4 members (excludes halogenated alkanes) is 4. The Kier molecular flexibility index (Phi) is 11.0. The molecule has 0 radical (unpaired) electrons. The minimum absolute atomic E-state index is 0. The molecule has 1 saturated carbocycles. The second-order valence-electron chi connectivity index (χ2n) is 6.30. The minimum atomic E-state index is 0. The first-order valence-corrected chi connectivity index (χ1v) is 8.29. The molecule has 1 N–H and O–H groups in total. The van der Waals surface area contributed by atoms with Gasteiger partial charge in [-0.1, -0.05) is 65.2 Å². The molecule has 0 spiro atoms. The smallest absolute Gasteiger partial charge is 0.000839 e. The topological polar surface area (TPSA) is 23.9 Å². The van der Waals surface area contributed by atoms with E-state index in [1.54, 1.807) is 6.21 Å². The number of nitrogens with one attached hydrogen (secondary N) is 1. The lowest BCUT2D eigenvalue weighted by atomic mass is 9.62.